The van der Waals surface area contributed by atoms with Crippen molar-refractivity contribution in [2.45, 2.75) is 13.3 Å². The van der Waals surface area contributed by atoms with Gasteiger partial charge in [0.05, 0.1) is 13.7 Å². The van der Waals surface area contributed by atoms with E-state index in [1.807, 2.05) is 19.1 Å². The van der Waals surface area contributed by atoms with Gasteiger partial charge in [-0.05, 0) is 24.6 Å². The first-order valence-electron chi connectivity index (χ1n) is 6.41. The Hall–Kier alpha value is -2.02. The molecule has 0 bridgehead atoms. The zero-order valence-electron chi connectivity index (χ0n) is 11.9. The summed E-state index contributed by atoms with van der Waals surface area (Å²) in [7, 11) is 1.61. The van der Waals surface area contributed by atoms with Gasteiger partial charge in [0, 0.05) is 22.7 Å². The van der Waals surface area contributed by atoms with Crippen LogP contribution < -0.4 is 20.9 Å². The normalized spacial score (nSPS) is 10.4. The Balaban J connectivity index is 2.37. The van der Waals surface area contributed by atoms with E-state index in [4.69, 9.17) is 20.9 Å². The monoisotopic (exact) mass is 352 g/mol. The van der Waals surface area contributed by atoms with Gasteiger partial charge in [0.25, 0.3) is 0 Å². The zero-order chi connectivity index (χ0) is 15.4. The number of hydrogen-bond acceptors (Lipinski definition) is 6. The molecule has 6 nitrogen and oxygen atoms in total. The third kappa shape index (κ3) is 3.55. The summed E-state index contributed by atoms with van der Waals surface area (Å²) in [5, 5.41) is 0. The van der Waals surface area contributed by atoms with E-state index < -0.39 is 0 Å². The van der Waals surface area contributed by atoms with Crippen molar-refractivity contribution in [3.63, 3.8) is 0 Å². The van der Waals surface area contributed by atoms with E-state index in [1.165, 1.54) is 0 Å². The lowest BCUT2D eigenvalue weighted by Gasteiger charge is -2.13. The maximum Gasteiger partial charge on any atom is 0.221 e. The van der Waals surface area contributed by atoms with E-state index in [0.717, 1.165) is 15.6 Å². The highest BCUT2D eigenvalue weighted by Crippen LogP contribution is 2.34. The van der Waals surface area contributed by atoms with Crippen LogP contribution in [-0.4, -0.2) is 23.7 Å². The molecule has 0 aliphatic heterocycles. The van der Waals surface area contributed by atoms with Crippen molar-refractivity contribution < 1.29 is 9.47 Å². The number of halogens is 1. The number of ether oxygens (including phenoxy) is 2. The molecule has 0 aliphatic rings. The molecule has 0 radical (unpaired) electrons. The number of anilines is 2. The summed E-state index contributed by atoms with van der Waals surface area (Å²) in [6.07, 6.45) is 2.20. The number of nitrogens with two attached hydrogens (primary N) is 2. The fraction of sp³-hybridized carbons (Fsp3) is 0.286. The predicted molar refractivity (Wildman–Crippen MR) is 85.5 cm³/mol. The van der Waals surface area contributed by atoms with Crippen LogP contribution in [0, 0.1) is 0 Å². The van der Waals surface area contributed by atoms with Crippen LogP contribution in [0.3, 0.4) is 0 Å². The Kier molecular flexibility index (Phi) is 4.85. The van der Waals surface area contributed by atoms with Gasteiger partial charge in [0.2, 0.25) is 5.95 Å². The second kappa shape index (κ2) is 6.62. The summed E-state index contributed by atoms with van der Waals surface area (Å²) in [4.78, 5) is 7.94. The second-order valence-corrected chi connectivity index (χ2v) is 5.20. The average Bonchev–Trinajstić information content (AvgIpc) is 2.45. The molecule has 112 valence electrons. The summed E-state index contributed by atoms with van der Waals surface area (Å²) in [5.41, 5.74) is 13.2. The van der Waals surface area contributed by atoms with Gasteiger partial charge in [-0.3, -0.25) is 0 Å². The Bertz CT molecular complexity index is 649. The molecule has 1 aromatic carbocycles. The molecule has 0 aliphatic carbocycles. The summed E-state index contributed by atoms with van der Waals surface area (Å²) in [6, 6.07) is 3.79. The van der Waals surface area contributed by atoms with Gasteiger partial charge in [-0.2, -0.15) is 4.98 Å². The van der Waals surface area contributed by atoms with Gasteiger partial charge in [-0.15, -0.1) is 0 Å². The molecule has 0 fully saturated rings. The number of rotatable bonds is 5. The van der Waals surface area contributed by atoms with E-state index in [2.05, 4.69) is 25.9 Å². The Labute approximate surface area is 131 Å². The Morgan fingerprint density at radius 3 is 2.57 bits per heavy atom. The van der Waals surface area contributed by atoms with Crippen LogP contribution in [0.4, 0.5) is 11.8 Å². The van der Waals surface area contributed by atoms with Crippen molar-refractivity contribution in [1.82, 2.24) is 9.97 Å². The van der Waals surface area contributed by atoms with Crippen LogP contribution in [0.15, 0.2) is 22.8 Å². The zero-order valence-corrected chi connectivity index (χ0v) is 13.5. The van der Waals surface area contributed by atoms with Crippen LogP contribution in [-0.2, 0) is 6.42 Å². The Morgan fingerprint density at radius 2 is 1.95 bits per heavy atom. The molecular weight excluding hydrogens is 336 g/mol. The minimum Gasteiger partial charge on any atom is -0.493 e. The molecule has 2 rings (SSSR count). The molecular formula is C14H17BrN4O2. The number of nitrogen functional groups attached to an aromatic ring is 2. The SMILES string of the molecule is CCOc1cc(Cc2cnc(N)nc2N)c(Br)cc1OC. The predicted octanol–water partition coefficient (Wildman–Crippen LogP) is 2.40. The minimum absolute atomic E-state index is 0.167. The fourth-order valence-electron chi connectivity index (χ4n) is 1.92. The van der Waals surface area contributed by atoms with Crippen LogP contribution in [0.25, 0.3) is 0 Å². The number of methoxy groups -OCH3 is 1. The molecule has 2 aromatic rings. The third-order valence-electron chi connectivity index (χ3n) is 2.93. The summed E-state index contributed by atoms with van der Waals surface area (Å²) >= 11 is 3.53. The van der Waals surface area contributed by atoms with Crippen molar-refractivity contribution in [1.29, 1.82) is 0 Å². The number of hydrogen-bond donors (Lipinski definition) is 2. The van der Waals surface area contributed by atoms with Crippen molar-refractivity contribution in [3.05, 3.63) is 33.9 Å². The molecule has 21 heavy (non-hydrogen) atoms. The number of benzene rings is 1. The first-order chi connectivity index (χ1) is 10.0. The lowest BCUT2D eigenvalue weighted by Crippen LogP contribution is -2.05. The summed E-state index contributed by atoms with van der Waals surface area (Å²) in [6.45, 7) is 2.48. The van der Waals surface area contributed by atoms with Crippen LogP contribution in [0.2, 0.25) is 0 Å². The summed E-state index contributed by atoms with van der Waals surface area (Å²) in [5.74, 6) is 1.91. The lowest BCUT2D eigenvalue weighted by molar-refractivity contribution is 0.310. The fourth-order valence-corrected chi connectivity index (χ4v) is 2.38. The maximum atomic E-state index is 5.87. The van der Waals surface area contributed by atoms with Gasteiger partial charge in [0.1, 0.15) is 5.82 Å². The van der Waals surface area contributed by atoms with Crippen molar-refractivity contribution in [2.24, 2.45) is 0 Å². The molecule has 1 heterocycles. The summed E-state index contributed by atoms with van der Waals surface area (Å²) < 4.78 is 11.8. The van der Waals surface area contributed by atoms with E-state index in [9.17, 15) is 0 Å². The molecule has 4 N–H and O–H groups in total. The molecule has 0 saturated heterocycles. The van der Waals surface area contributed by atoms with Gasteiger partial charge in [-0.1, -0.05) is 15.9 Å². The third-order valence-corrected chi connectivity index (χ3v) is 3.67. The molecule has 0 amide bonds. The van der Waals surface area contributed by atoms with Crippen molar-refractivity contribution >= 4 is 27.7 Å². The maximum absolute atomic E-state index is 5.87. The molecule has 0 spiro atoms. The van der Waals surface area contributed by atoms with Crippen molar-refractivity contribution in [2.75, 3.05) is 25.2 Å². The van der Waals surface area contributed by atoms with Crippen LogP contribution in [0.5, 0.6) is 11.5 Å². The van der Waals surface area contributed by atoms with E-state index in [1.54, 1.807) is 13.3 Å². The highest BCUT2D eigenvalue weighted by Gasteiger charge is 2.12. The highest BCUT2D eigenvalue weighted by atomic mass is 79.9. The van der Waals surface area contributed by atoms with E-state index >= 15 is 0 Å². The standard InChI is InChI=1S/C14H17BrN4O2/c1-3-21-12-5-8(10(15)6-11(12)20-2)4-9-7-18-14(17)19-13(9)16/h5-7H,3-4H2,1-2H3,(H4,16,17,18,19). The molecule has 0 atom stereocenters. The van der Waals surface area contributed by atoms with Gasteiger partial charge >= 0.3 is 0 Å². The van der Waals surface area contributed by atoms with Crippen LogP contribution in [0.1, 0.15) is 18.1 Å². The highest BCUT2D eigenvalue weighted by molar-refractivity contribution is 9.10. The minimum atomic E-state index is 0.167. The molecule has 1 aromatic heterocycles. The Morgan fingerprint density at radius 1 is 1.19 bits per heavy atom. The quantitative estimate of drug-likeness (QED) is 0.857. The number of aromatic nitrogens is 2. The van der Waals surface area contributed by atoms with Gasteiger partial charge < -0.3 is 20.9 Å². The second-order valence-electron chi connectivity index (χ2n) is 4.34. The van der Waals surface area contributed by atoms with Gasteiger partial charge in [-0.25, -0.2) is 4.98 Å². The lowest BCUT2D eigenvalue weighted by atomic mass is 10.1. The molecule has 0 saturated carbocycles. The molecule has 0 unspecified atom stereocenters. The van der Waals surface area contributed by atoms with Gasteiger partial charge in [0.15, 0.2) is 11.5 Å². The van der Waals surface area contributed by atoms with Crippen molar-refractivity contribution in [3.8, 4) is 11.5 Å². The van der Waals surface area contributed by atoms with E-state index in [-0.39, 0.29) is 5.95 Å². The average molecular weight is 353 g/mol. The first kappa shape index (κ1) is 15.4. The largest absolute Gasteiger partial charge is 0.493 e. The van der Waals surface area contributed by atoms with Crippen LogP contribution >= 0.6 is 15.9 Å². The first-order valence-corrected chi connectivity index (χ1v) is 7.20. The smallest absolute Gasteiger partial charge is 0.221 e. The topological polar surface area (TPSA) is 96.3 Å². The number of nitrogens with zero attached hydrogens (tertiary/aromatic N) is 2. The molecule has 7 heteroatoms. The van der Waals surface area contributed by atoms with E-state index in [0.29, 0.717) is 30.3 Å².